The molecule has 1 aromatic carbocycles. The zero-order valence-electron chi connectivity index (χ0n) is 17.7. The van der Waals surface area contributed by atoms with Crippen molar-refractivity contribution in [1.29, 1.82) is 0 Å². The Morgan fingerprint density at radius 2 is 1.90 bits per heavy atom. The summed E-state index contributed by atoms with van der Waals surface area (Å²) in [5, 5.41) is 3.03. The Morgan fingerprint density at radius 1 is 1.03 bits per heavy atom. The van der Waals surface area contributed by atoms with Crippen LogP contribution in [0.3, 0.4) is 0 Å². The molecule has 0 unspecified atom stereocenters. The van der Waals surface area contributed by atoms with E-state index in [1.807, 2.05) is 79.1 Å². The fraction of sp³-hybridized carbons (Fsp3) is 0.200. The first kappa shape index (κ1) is 20.6. The standard InChI is InChI=1S/C25H25N3O3/c1-18-13-23(19(2)28(18)24-10-3-4-11-26-24)25(29)27-15-20-7-5-8-21(14-20)16-30-17-22-9-6-12-31-22/h3-14H,15-17H2,1-2H3,(H,27,29). The molecular weight excluding hydrogens is 390 g/mol. The second-order valence-electron chi connectivity index (χ2n) is 7.38. The van der Waals surface area contributed by atoms with E-state index in [9.17, 15) is 4.79 Å². The van der Waals surface area contributed by atoms with Gasteiger partial charge in [-0.3, -0.25) is 4.79 Å². The van der Waals surface area contributed by atoms with Crippen LogP contribution in [-0.2, 0) is 24.5 Å². The lowest BCUT2D eigenvalue weighted by Gasteiger charge is -2.10. The number of hydrogen-bond acceptors (Lipinski definition) is 4. The molecule has 31 heavy (non-hydrogen) atoms. The summed E-state index contributed by atoms with van der Waals surface area (Å²) in [5.74, 6) is 1.50. The number of furan rings is 1. The highest BCUT2D eigenvalue weighted by Gasteiger charge is 2.17. The summed E-state index contributed by atoms with van der Waals surface area (Å²) in [4.78, 5) is 17.2. The number of nitrogens with zero attached hydrogens (tertiary/aromatic N) is 2. The van der Waals surface area contributed by atoms with Gasteiger partial charge in [0, 0.05) is 24.1 Å². The van der Waals surface area contributed by atoms with E-state index in [0.717, 1.165) is 34.1 Å². The molecule has 0 spiro atoms. The van der Waals surface area contributed by atoms with Crippen molar-refractivity contribution in [2.45, 2.75) is 33.6 Å². The van der Waals surface area contributed by atoms with Crippen LogP contribution in [0.1, 0.15) is 38.6 Å². The predicted molar refractivity (Wildman–Crippen MR) is 118 cm³/mol. The molecule has 0 saturated heterocycles. The van der Waals surface area contributed by atoms with Crippen molar-refractivity contribution in [3.8, 4) is 5.82 Å². The fourth-order valence-corrected chi connectivity index (χ4v) is 3.60. The highest BCUT2D eigenvalue weighted by atomic mass is 16.5. The van der Waals surface area contributed by atoms with Gasteiger partial charge in [0.25, 0.3) is 5.91 Å². The molecule has 0 atom stereocenters. The lowest BCUT2D eigenvalue weighted by molar-refractivity contribution is 0.0928. The smallest absolute Gasteiger partial charge is 0.253 e. The van der Waals surface area contributed by atoms with Crippen LogP contribution >= 0.6 is 0 Å². The van der Waals surface area contributed by atoms with E-state index in [2.05, 4.69) is 10.3 Å². The Bertz CT molecular complexity index is 1150. The number of amides is 1. The van der Waals surface area contributed by atoms with Crippen LogP contribution in [0.5, 0.6) is 0 Å². The average Bonchev–Trinajstić information content (AvgIpc) is 3.40. The Morgan fingerprint density at radius 3 is 2.68 bits per heavy atom. The van der Waals surface area contributed by atoms with E-state index >= 15 is 0 Å². The molecule has 0 aliphatic rings. The first-order valence-corrected chi connectivity index (χ1v) is 10.2. The van der Waals surface area contributed by atoms with E-state index in [-0.39, 0.29) is 5.91 Å². The molecule has 158 valence electrons. The summed E-state index contributed by atoms with van der Waals surface area (Å²) in [6, 6.07) is 19.4. The molecule has 0 saturated carbocycles. The van der Waals surface area contributed by atoms with Crippen molar-refractivity contribution < 1.29 is 13.9 Å². The number of ether oxygens (including phenoxy) is 1. The quantitative estimate of drug-likeness (QED) is 0.452. The number of nitrogens with one attached hydrogen (secondary N) is 1. The van der Waals surface area contributed by atoms with Gasteiger partial charge in [-0.15, -0.1) is 0 Å². The molecule has 3 aromatic heterocycles. The lowest BCUT2D eigenvalue weighted by Crippen LogP contribution is -2.23. The van der Waals surface area contributed by atoms with Gasteiger partial charge in [0.2, 0.25) is 0 Å². The van der Waals surface area contributed by atoms with Crippen molar-refractivity contribution in [1.82, 2.24) is 14.9 Å². The third-order valence-electron chi connectivity index (χ3n) is 5.09. The Hall–Kier alpha value is -3.64. The normalized spacial score (nSPS) is 10.9. The van der Waals surface area contributed by atoms with Gasteiger partial charge in [-0.2, -0.15) is 0 Å². The number of benzene rings is 1. The average molecular weight is 415 g/mol. The van der Waals surface area contributed by atoms with E-state index in [1.54, 1.807) is 12.5 Å². The second kappa shape index (κ2) is 9.45. The number of aryl methyl sites for hydroxylation is 1. The minimum atomic E-state index is -0.102. The second-order valence-corrected chi connectivity index (χ2v) is 7.38. The molecule has 0 fully saturated rings. The molecule has 1 N–H and O–H groups in total. The van der Waals surface area contributed by atoms with Gasteiger partial charge >= 0.3 is 0 Å². The molecule has 0 aliphatic heterocycles. The predicted octanol–water partition coefficient (Wildman–Crippen LogP) is 4.73. The molecule has 6 heteroatoms. The first-order chi connectivity index (χ1) is 15.1. The van der Waals surface area contributed by atoms with Gasteiger partial charge in [0.15, 0.2) is 0 Å². The van der Waals surface area contributed by atoms with Crippen molar-refractivity contribution in [2.24, 2.45) is 0 Å². The zero-order chi connectivity index (χ0) is 21.6. The van der Waals surface area contributed by atoms with Gasteiger partial charge in [-0.25, -0.2) is 4.98 Å². The van der Waals surface area contributed by atoms with Gasteiger partial charge < -0.3 is 19.0 Å². The number of pyridine rings is 1. The highest BCUT2D eigenvalue weighted by Crippen LogP contribution is 2.19. The van der Waals surface area contributed by atoms with E-state index in [0.29, 0.717) is 25.3 Å². The van der Waals surface area contributed by atoms with Crippen molar-refractivity contribution in [3.63, 3.8) is 0 Å². The van der Waals surface area contributed by atoms with Crippen molar-refractivity contribution >= 4 is 5.91 Å². The minimum absolute atomic E-state index is 0.102. The van der Waals surface area contributed by atoms with Crippen LogP contribution in [0.4, 0.5) is 0 Å². The molecule has 4 aromatic rings. The first-order valence-electron chi connectivity index (χ1n) is 10.2. The zero-order valence-corrected chi connectivity index (χ0v) is 17.7. The third kappa shape index (κ3) is 4.92. The molecule has 3 heterocycles. The van der Waals surface area contributed by atoms with Gasteiger partial charge in [0.05, 0.1) is 18.4 Å². The summed E-state index contributed by atoms with van der Waals surface area (Å²) in [7, 11) is 0. The number of aromatic nitrogens is 2. The summed E-state index contributed by atoms with van der Waals surface area (Å²) in [6.45, 7) is 5.27. The Kier molecular flexibility index (Phi) is 6.29. The molecular formula is C25H25N3O3. The maximum absolute atomic E-state index is 12.8. The number of hydrogen-bond donors (Lipinski definition) is 1. The van der Waals surface area contributed by atoms with Crippen LogP contribution in [-0.4, -0.2) is 15.5 Å². The molecule has 0 aliphatic carbocycles. The summed E-state index contributed by atoms with van der Waals surface area (Å²) in [5.41, 5.74) is 4.56. The molecule has 4 rings (SSSR count). The fourth-order valence-electron chi connectivity index (χ4n) is 3.60. The topological polar surface area (TPSA) is 69.3 Å². The summed E-state index contributed by atoms with van der Waals surface area (Å²) >= 11 is 0. The molecule has 0 bridgehead atoms. The SMILES string of the molecule is Cc1cc(C(=O)NCc2cccc(COCc3ccco3)c2)c(C)n1-c1ccccn1. The minimum Gasteiger partial charge on any atom is -0.467 e. The van der Waals surface area contributed by atoms with Gasteiger partial charge in [-0.05, 0) is 55.3 Å². The number of carbonyl (C=O) groups excluding carboxylic acids is 1. The maximum atomic E-state index is 12.8. The number of carbonyl (C=O) groups is 1. The maximum Gasteiger partial charge on any atom is 0.253 e. The van der Waals surface area contributed by atoms with Crippen LogP contribution in [0.15, 0.2) is 77.5 Å². The molecule has 0 radical (unpaired) electrons. The molecule has 1 amide bonds. The largest absolute Gasteiger partial charge is 0.467 e. The third-order valence-corrected chi connectivity index (χ3v) is 5.09. The number of rotatable bonds is 8. The van der Waals surface area contributed by atoms with E-state index in [1.165, 1.54) is 0 Å². The summed E-state index contributed by atoms with van der Waals surface area (Å²) < 4.78 is 13.0. The Balaban J connectivity index is 1.38. The van der Waals surface area contributed by atoms with Crippen LogP contribution in [0.25, 0.3) is 5.82 Å². The van der Waals surface area contributed by atoms with Crippen LogP contribution < -0.4 is 5.32 Å². The monoisotopic (exact) mass is 415 g/mol. The highest BCUT2D eigenvalue weighted by molar-refractivity contribution is 5.95. The van der Waals surface area contributed by atoms with Gasteiger partial charge in [-0.1, -0.05) is 30.3 Å². The van der Waals surface area contributed by atoms with E-state index in [4.69, 9.17) is 9.15 Å². The van der Waals surface area contributed by atoms with Crippen molar-refractivity contribution in [3.05, 3.63) is 107 Å². The van der Waals surface area contributed by atoms with Crippen LogP contribution in [0.2, 0.25) is 0 Å². The Labute approximate surface area is 181 Å². The molecule has 6 nitrogen and oxygen atoms in total. The van der Waals surface area contributed by atoms with Crippen LogP contribution in [0, 0.1) is 13.8 Å². The van der Waals surface area contributed by atoms with Crippen molar-refractivity contribution in [2.75, 3.05) is 0 Å². The van der Waals surface area contributed by atoms with Gasteiger partial charge in [0.1, 0.15) is 18.2 Å². The summed E-state index contributed by atoms with van der Waals surface area (Å²) in [6.07, 6.45) is 3.38. The lowest BCUT2D eigenvalue weighted by atomic mass is 10.1. The van der Waals surface area contributed by atoms with E-state index < -0.39 is 0 Å².